The number of hydrogen-bond acceptors (Lipinski definition) is 3. The van der Waals surface area contributed by atoms with Crippen LogP contribution in [0.5, 0.6) is 5.75 Å². The second-order valence-corrected chi connectivity index (χ2v) is 3.33. The molecular formula is C11H14O3. The number of rotatable bonds is 1. The van der Waals surface area contributed by atoms with Crippen molar-refractivity contribution in [3.63, 3.8) is 0 Å². The third-order valence-corrected chi connectivity index (χ3v) is 2.47. The zero-order valence-corrected chi connectivity index (χ0v) is 8.84. The number of phenolic OH excluding ortho intramolecular Hbond substituents is 1. The molecule has 1 aromatic carbocycles. The zero-order chi connectivity index (χ0) is 10.9. The van der Waals surface area contributed by atoms with Gasteiger partial charge in [-0.15, -0.1) is 0 Å². The Labute approximate surface area is 83.3 Å². The summed E-state index contributed by atoms with van der Waals surface area (Å²) in [5, 5.41) is 9.70. The van der Waals surface area contributed by atoms with Gasteiger partial charge in [0.1, 0.15) is 5.75 Å². The highest BCUT2D eigenvalue weighted by Crippen LogP contribution is 2.27. The van der Waals surface area contributed by atoms with Crippen molar-refractivity contribution < 1.29 is 14.6 Å². The summed E-state index contributed by atoms with van der Waals surface area (Å²) in [7, 11) is 1.33. The molecule has 0 unspecified atom stereocenters. The van der Waals surface area contributed by atoms with Gasteiger partial charge in [0.05, 0.1) is 12.7 Å². The summed E-state index contributed by atoms with van der Waals surface area (Å²) in [6.07, 6.45) is 0. The summed E-state index contributed by atoms with van der Waals surface area (Å²) >= 11 is 0. The molecule has 76 valence electrons. The van der Waals surface area contributed by atoms with Crippen LogP contribution in [0.2, 0.25) is 0 Å². The molecule has 0 heterocycles. The number of hydrogen-bond donors (Lipinski definition) is 1. The van der Waals surface area contributed by atoms with Crippen molar-refractivity contribution in [3.8, 4) is 5.75 Å². The van der Waals surface area contributed by atoms with Crippen LogP contribution >= 0.6 is 0 Å². The molecule has 0 atom stereocenters. The SMILES string of the molecule is COC(=O)c1cc(C)c(C)c(O)c1C. The van der Waals surface area contributed by atoms with Gasteiger partial charge in [0.25, 0.3) is 0 Å². The number of esters is 1. The lowest BCUT2D eigenvalue weighted by atomic mass is 9.99. The molecule has 1 N–H and O–H groups in total. The van der Waals surface area contributed by atoms with E-state index < -0.39 is 5.97 Å². The minimum Gasteiger partial charge on any atom is -0.507 e. The van der Waals surface area contributed by atoms with E-state index in [4.69, 9.17) is 0 Å². The molecule has 0 radical (unpaired) electrons. The van der Waals surface area contributed by atoms with E-state index in [-0.39, 0.29) is 5.75 Å². The van der Waals surface area contributed by atoms with E-state index in [0.29, 0.717) is 11.1 Å². The number of phenols is 1. The average Bonchev–Trinajstić information content (AvgIpc) is 2.19. The minimum absolute atomic E-state index is 0.172. The number of methoxy groups -OCH3 is 1. The lowest BCUT2D eigenvalue weighted by molar-refractivity contribution is 0.0599. The molecule has 0 bridgehead atoms. The molecule has 0 aromatic heterocycles. The average molecular weight is 194 g/mol. The first kappa shape index (κ1) is 10.6. The summed E-state index contributed by atoms with van der Waals surface area (Å²) in [4.78, 5) is 11.3. The first-order valence-corrected chi connectivity index (χ1v) is 4.37. The molecule has 0 aliphatic carbocycles. The monoisotopic (exact) mass is 194 g/mol. The molecule has 0 aliphatic heterocycles. The Morgan fingerprint density at radius 2 is 1.86 bits per heavy atom. The Balaban J connectivity index is 3.40. The summed E-state index contributed by atoms with van der Waals surface area (Å²) in [5.74, 6) is -0.244. The smallest absolute Gasteiger partial charge is 0.338 e. The van der Waals surface area contributed by atoms with E-state index in [1.807, 2.05) is 13.8 Å². The van der Waals surface area contributed by atoms with E-state index >= 15 is 0 Å². The third kappa shape index (κ3) is 1.58. The van der Waals surface area contributed by atoms with Gasteiger partial charge in [-0.3, -0.25) is 0 Å². The van der Waals surface area contributed by atoms with Crippen molar-refractivity contribution in [2.24, 2.45) is 0 Å². The van der Waals surface area contributed by atoms with Crippen LogP contribution in [-0.4, -0.2) is 18.2 Å². The molecule has 0 fully saturated rings. The van der Waals surface area contributed by atoms with Gasteiger partial charge in [0, 0.05) is 5.56 Å². The van der Waals surface area contributed by atoms with Crippen LogP contribution in [0, 0.1) is 20.8 Å². The number of aryl methyl sites for hydroxylation is 1. The molecule has 0 saturated heterocycles. The summed E-state index contributed by atoms with van der Waals surface area (Å²) in [5.41, 5.74) is 2.68. The van der Waals surface area contributed by atoms with E-state index in [9.17, 15) is 9.90 Å². The van der Waals surface area contributed by atoms with Gasteiger partial charge < -0.3 is 9.84 Å². The molecule has 1 aromatic rings. The fourth-order valence-electron chi connectivity index (χ4n) is 1.35. The van der Waals surface area contributed by atoms with E-state index in [2.05, 4.69) is 4.74 Å². The van der Waals surface area contributed by atoms with Gasteiger partial charge in [0.2, 0.25) is 0 Å². The van der Waals surface area contributed by atoms with E-state index in [1.165, 1.54) is 7.11 Å². The molecule has 3 heteroatoms. The van der Waals surface area contributed by atoms with Crippen molar-refractivity contribution in [2.45, 2.75) is 20.8 Å². The predicted octanol–water partition coefficient (Wildman–Crippen LogP) is 2.10. The normalized spacial score (nSPS) is 10.0. The van der Waals surface area contributed by atoms with Crippen molar-refractivity contribution in [1.82, 2.24) is 0 Å². The Hall–Kier alpha value is -1.51. The van der Waals surface area contributed by atoms with Crippen molar-refractivity contribution in [2.75, 3.05) is 7.11 Å². The van der Waals surface area contributed by atoms with Crippen LogP contribution in [0.4, 0.5) is 0 Å². The molecule has 0 aliphatic rings. The first-order valence-electron chi connectivity index (χ1n) is 4.37. The Morgan fingerprint density at radius 3 is 2.36 bits per heavy atom. The van der Waals surface area contributed by atoms with E-state index in [0.717, 1.165) is 11.1 Å². The van der Waals surface area contributed by atoms with Crippen LogP contribution in [0.15, 0.2) is 6.07 Å². The minimum atomic E-state index is -0.416. The number of carbonyl (C=O) groups is 1. The van der Waals surface area contributed by atoms with Gasteiger partial charge >= 0.3 is 5.97 Å². The number of benzene rings is 1. The van der Waals surface area contributed by atoms with Gasteiger partial charge in [0.15, 0.2) is 0 Å². The predicted molar refractivity (Wildman–Crippen MR) is 53.7 cm³/mol. The summed E-state index contributed by atoms with van der Waals surface area (Å²) in [6.45, 7) is 5.37. The molecule has 0 amide bonds. The molecule has 0 spiro atoms. The number of aromatic hydroxyl groups is 1. The quantitative estimate of drug-likeness (QED) is 0.696. The van der Waals surface area contributed by atoms with Crippen LogP contribution in [0.1, 0.15) is 27.0 Å². The fourth-order valence-corrected chi connectivity index (χ4v) is 1.35. The lowest BCUT2D eigenvalue weighted by Gasteiger charge is -2.10. The molecule has 0 saturated carbocycles. The summed E-state index contributed by atoms with van der Waals surface area (Å²) < 4.78 is 4.62. The third-order valence-electron chi connectivity index (χ3n) is 2.47. The highest BCUT2D eigenvalue weighted by Gasteiger charge is 2.15. The highest BCUT2D eigenvalue weighted by molar-refractivity contribution is 5.92. The maximum Gasteiger partial charge on any atom is 0.338 e. The number of ether oxygens (including phenoxy) is 1. The van der Waals surface area contributed by atoms with Crippen molar-refractivity contribution in [1.29, 1.82) is 0 Å². The summed E-state index contributed by atoms with van der Waals surface area (Å²) in [6, 6.07) is 1.73. The fraction of sp³-hybridized carbons (Fsp3) is 0.364. The first-order chi connectivity index (χ1) is 6.49. The van der Waals surface area contributed by atoms with Crippen LogP contribution < -0.4 is 0 Å². The van der Waals surface area contributed by atoms with Gasteiger partial charge in [-0.05, 0) is 38.0 Å². The van der Waals surface area contributed by atoms with Gasteiger partial charge in [-0.25, -0.2) is 4.79 Å². The van der Waals surface area contributed by atoms with Crippen molar-refractivity contribution >= 4 is 5.97 Å². The Morgan fingerprint density at radius 1 is 1.29 bits per heavy atom. The Kier molecular flexibility index (Phi) is 2.79. The molecular weight excluding hydrogens is 180 g/mol. The molecule has 14 heavy (non-hydrogen) atoms. The standard InChI is InChI=1S/C11H14O3/c1-6-5-9(11(13)14-4)8(3)10(12)7(6)2/h5,12H,1-4H3. The highest BCUT2D eigenvalue weighted by atomic mass is 16.5. The van der Waals surface area contributed by atoms with Crippen LogP contribution in [0.3, 0.4) is 0 Å². The van der Waals surface area contributed by atoms with E-state index in [1.54, 1.807) is 13.0 Å². The second-order valence-electron chi connectivity index (χ2n) is 3.33. The zero-order valence-electron chi connectivity index (χ0n) is 8.84. The maximum absolute atomic E-state index is 11.3. The maximum atomic E-state index is 11.3. The largest absolute Gasteiger partial charge is 0.507 e. The number of carbonyl (C=O) groups excluding carboxylic acids is 1. The van der Waals surface area contributed by atoms with Gasteiger partial charge in [-0.1, -0.05) is 0 Å². The van der Waals surface area contributed by atoms with Crippen LogP contribution in [-0.2, 0) is 4.74 Å². The Bertz CT molecular complexity index is 381. The second kappa shape index (κ2) is 3.70. The molecule has 3 nitrogen and oxygen atoms in total. The van der Waals surface area contributed by atoms with Crippen LogP contribution in [0.25, 0.3) is 0 Å². The van der Waals surface area contributed by atoms with Gasteiger partial charge in [-0.2, -0.15) is 0 Å². The topological polar surface area (TPSA) is 46.5 Å². The lowest BCUT2D eigenvalue weighted by Crippen LogP contribution is -2.05. The molecule has 1 rings (SSSR count). The van der Waals surface area contributed by atoms with Crippen molar-refractivity contribution in [3.05, 3.63) is 28.3 Å².